The maximum absolute atomic E-state index is 12.4. The van der Waals surface area contributed by atoms with Gasteiger partial charge in [-0.2, -0.15) is 0 Å². The number of rotatable bonds is 9. The number of hydrogen-bond donors (Lipinski definition) is 0. The molecule has 1 aromatic rings. The topological polar surface area (TPSA) is 20.3 Å². The predicted molar refractivity (Wildman–Crippen MR) is 91.7 cm³/mol. The van der Waals surface area contributed by atoms with Crippen LogP contribution in [0.2, 0.25) is 5.02 Å². The molecule has 1 atom stereocenters. The van der Waals surface area contributed by atoms with E-state index in [4.69, 9.17) is 11.6 Å². The average Bonchev–Trinajstić information content (AvgIpc) is 2.45. The number of ketones is 1. The summed E-state index contributed by atoms with van der Waals surface area (Å²) in [4.78, 5) is 14.5. The lowest BCUT2D eigenvalue weighted by molar-refractivity contribution is -0.118. The van der Waals surface area contributed by atoms with Crippen molar-refractivity contribution in [3.63, 3.8) is 0 Å². The molecule has 0 aliphatic heterocycles. The van der Waals surface area contributed by atoms with E-state index in [2.05, 4.69) is 11.8 Å². The Morgan fingerprint density at radius 2 is 1.90 bits per heavy atom. The standard InChI is InChI=1S/C18H26ClNO/c1-4-5-6-7-16(14-20(2)3)18(21)13-10-15-8-11-17(19)12-9-15/h8-13,16H,4-7,14H2,1-3H3. The number of carbonyl (C=O) groups is 1. The highest BCUT2D eigenvalue weighted by atomic mass is 35.5. The third-order valence-electron chi connectivity index (χ3n) is 3.45. The minimum Gasteiger partial charge on any atom is -0.309 e. The zero-order chi connectivity index (χ0) is 15.7. The molecule has 2 nitrogen and oxygen atoms in total. The molecule has 0 amide bonds. The van der Waals surface area contributed by atoms with Gasteiger partial charge in [0.1, 0.15) is 0 Å². The number of unbranched alkanes of at least 4 members (excludes halogenated alkanes) is 2. The zero-order valence-electron chi connectivity index (χ0n) is 13.3. The molecule has 1 rings (SSSR count). The van der Waals surface area contributed by atoms with Crippen molar-refractivity contribution in [2.24, 2.45) is 5.92 Å². The summed E-state index contributed by atoms with van der Waals surface area (Å²) >= 11 is 5.86. The molecule has 0 aliphatic rings. The maximum atomic E-state index is 12.4. The minimum absolute atomic E-state index is 0.0927. The SMILES string of the molecule is CCCCCC(CN(C)C)C(=O)C=Cc1ccc(Cl)cc1. The summed E-state index contributed by atoms with van der Waals surface area (Å²) in [5, 5.41) is 0.712. The van der Waals surface area contributed by atoms with E-state index in [-0.39, 0.29) is 11.7 Å². The van der Waals surface area contributed by atoms with Crippen LogP contribution in [0.3, 0.4) is 0 Å². The van der Waals surface area contributed by atoms with Crippen molar-refractivity contribution in [3.8, 4) is 0 Å². The van der Waals surface area contributed by atoms with Crippen molar-refractivity contribution in [2.45, 2.75) is 32.6 Å². The van der Waals surface area contributed by atoms with Crippen LogP contribution in [0.4, 0.5) is 0 Å². The second-order valence-electron chi connectivity index (χ2n) is 5.74. The first-order valence-corrected chi connectivity index (χ1v) is 8.03. The molecule has 0 bridgehead atoms. The van der Waals surface area contributed by atoms with E-state index in [1.807, 2.05) is 44.4 Å². The number of carbonyl (C=O) groups excluding carboxylic acids is 1. The lowest BCUT2D eigenvalue weighted by atomic mass is 9.95. The Labute approximate surface area is 133 Å². The molecule has 21 heavy (non-hydrogen) atoms. The minimum atomic E-state index is 0.0927. The molecule has 3 heteroatoms. The fourth-order valence-electron chi connectivity index (χ4n) is 2.29. The summed E-state index contributed by atoms with van der Waals surface area (Å²) in [6.07, 6.45) is 8.05. The van der Waals surface area contributed by atoms with E-state index in [1.165, 1.54) is 12.8 Å². The van der Waals surface area contributed by atoms with E-state index in [0.717, 1.165) is 24.9 Å². The third-order valence-corrected chi connectivity index (χ3v) is 3.71. The zero-order valence-corrected chi connectivity index (χ0v) is 14.1. The monoisotopic (exact) mass is 307 g/mol. The van der Waals surface area contributed by atoms with Crippen LogP contribution < -0.4 is 0 Å². The summed E-state index contributed by atoms with van der Waals surface area (Å²) in [6, 6.07) is 7.52. The van der Waals surface area contributed by atoms with E-state index in [1.54, 1.807) is 6.08 Å². The summed E-state index contributed by atoms with van der Waals surface area (Å²) < 4.78 is 0. The van der Waals surface area contributed by atoms with Crippen LogP contribution in [0.1, 0.15) is 38.2 Å². The van der Waals surface area contributed by atoms with Crippen molar-refractivity contribution in [1.29, 1.82) is 0 Å². The highest BCUT2D eigenvalue weighted by Gasteiger charge is 2.16. The predicted octanol–water partition coefficient (Wildman–Crippen LogP) is 4.68. The van der Waals surface area contributed by atoms with Crippen molar-refractivity contribution >= 4 is 23.5 Å². The highest BCUT2D eigenvalue weighted by Crippen LogP contribution is 2.15. The number of nitrogens with zero attached hydrogens (tertiary/aromatic N) is 1. The van der Waals surface area contributed by atoms with Crippen LogP contribution in [0.15, 0.2) is 30.3 Å². The fourth-order valence-corrected chi connectivity index (χ4v) is 2.42. The lowest BCUT2D eigenvalue weighted by Gasteiger charge is -2.18. The molecule has 0 spiro atoms. The van der Waals surface area contributed by atoms with Gasteiger partial charge in [-0.15, -0.1) is 0 Å². The molecule has 0 saturated heterocycles. The molecule has 0 radical (unpaired) electrons. The maximum Gasteiger partial charge on any atom is 0.160 e. The summed E-state index contributed by atoms with van der Waals surface area (Å²) in [5.41, 5.74) is 1.00. The molecule has 0 fully saturated rings. The molecule has 0 heterocycles. The second-order valence-corrected chi connectivity index (χ2v) is 6.18. The molecular weight excluding hydrogens is 282 g/mol. The van der Waals surface area contributed by atoms with Crippen LogP contribution in [-0.4, -0.2) is 31.3 Å². The van der Waals surface area contributed by atoms with Crippen molar-refractivity contribution in [2.75, 3.05) is 20.6 Å². The molecule has 0 aromatic heterocycles. The molecule has 1 unspecified atom stereocenters. The number of hydrogen-bond acceptors (Lipinski definition) is 2. The van der Waals surface area contributed by atoms with Crippen molar-refractivity contribution < 1.29 is 4.79 Å². The molecule has 0 saturated carbocycles. The average molecular weight is 308 g/mol. The second kappa shape index (κ2) is 9.75. The van der Waals surface area contributed by atoms with Crippen molar-refractivity contribution in [3.05, 3.63) is 40.9 Å². The van der Waals surface area contributed by atoms with E-state index in [9.17, 15) is 4.79 Å². The van der Waals surface area contributed by atoms with Gasteiger partial charge in [0.25, 0.3) is 0 Å². The summed E-state index contributed by atoms with van der Waals surface area (Å²) in [6.45, 7) is 3.00. The Hall–Kier alpha value is -1.12. The van der Waals surface area contributed by atoms with Gasteiger partial charge in [-0.3, -0.25) is 4.79 Å². The van der Waals surface area contributed by atoms with Gasteiger partial charge < -0.3 is 4.90 Å². The Balaban J connectivity index is 2.63. The first-order valence-electron chi connectivity index (χ1n) is 7.65. The Morgan fingerprint density at radius 1 is 1.24 bits per heavy atom. The van der Waals surface area contributed by atoms with Crippen LogP contribution in [0, 0.1) is 5.92 Å². The van der Waals surface area contributed by atoms with Gasteiger partial charge in [-0.25, -0.2) is 0 Å². The van der Waals surface area contributed by atoms with Crippen molar-refractivity contribution in [1.82, 2.24) is 4.90 Å². The molecule has 0 aliphatic carbocycles. The Bertz CT molecular complexity index is 451. The Kier molecular flexibility index (Phi) is 8.33. The van der Waals surface area contributed by atoms with Gasteiger partial charge in [-0.05, 0) is 44.3 Å². The summed E-state index contributed by atoms with van der Waals surface area (Å²) in [7, 11) is 4.03. The molecule has 0 N–H and O–H groups in total. The Morgan fingerprint density at radius 3 is 2.48 bits per heavy atom. The quantitative estimate of drug-likeness (QED) is 0.487. The molecule has 116 valence electrons. The normalized spacial score (nSPS) is 13.0. The van der Waals surface area contributed by atoms with Gasteiger partial charge in [0.15, 0.2) is 5.78 Å². The van der Waals surface area contributed by atoms with E-state index < -0.39 is 0 Å². The fraction of sp³-hybridized carbons (Fsp3) is 0.500. The highest BCUT2D eigenvalue weighted by molar-refractivity contribution is 6.30. The van der Waals surface area contributed by atoms with Gasteiger partial charge in [0, 0.05) is 17.5 Å². The molecule has 1 aromatic carbocycles. The van der Waals surface area contributed by atoms with Crippen LogP contribution in [0.25, 0.3) is 6.08 Å². The number of benzene rings is 1. The third kappa shape index (κ3) is 7.45. The largest absolute Gasteiger partial charge is 0.309 e. The first kappa shape index (κ1) is 17.9. The lowest BCUT2D eigenvalue weighted by Crippen LogP contribution is -2.27. The van der Waals surface area contributed by atoms with E-state index in [0.29, 0.717) is 5.02 Å². The first-order chi connectivity index (χ1) is 10.0. The number of halogens is 1. The van der Waals surface area contributed by atoms with Gasteiger partial charge >= 0.3 is 0 Å². The van der Waals surface area contributed by atoms with Gasteiger partial charge in [0.2, 0.25) is 0 Å². The van der Waals surface area contributed by atoms with Gasteiger partial charge in [0.05, 0.1) is 0 Å². The van der Waals surface area contributed by atoms with Crippen LogP contribution in [-0.2, 0) is 4.79 Å². The van der Waals surface area contributed by atoms with E-state index >= 15 is 0 Å². The number of allylic oxidation sites excluding steroid dienone is 1. The smallest absolute Gasteiger partial charge is 0.160 e. The summed E-state index contributed by atoms with van der Waals surface area (Å²) in [5.74, 6) is 0.310. The van der Waals surface area contributed by atoms with Crippen LogP contribution >= 0.6 is 11.6 Å². The molecular formula is C18H26ClNO. The van der Waals surface area contributed by atoms with Gasteiger partial charge in [-0.1, -0.05) is 56.0 Å². The van der Waals surface area contributed by atoms with Crippen LogP contribution in [0.5, 0.6) is 0 Å².